The van der Waals surface area contributed by atoms with Crippen molar-refractivity contribution in [1.82, 2.24) is 5.32 Å². The number of hydrogen-bond donors (Lipinski definition) is 1. The maximum atomic E-state index is 13.3. The number of ketones is 1. The minimum Gasteiger partial charge on any atom is -0.467 e. The van der Waals surface area contributed by atoms with E-state index in [9.17, 15) is 4.79 Å². The van der Waals surface area contributed by atoms with E-state index in [0.717, 1.165) is 17.7 Å². The Morgan fingerprint density at radius 1 is 1.19 bits per heavy atom. The third-order valence-corrected chi connectivity index (χ3v) is 4.80. The van der Waals surface area contributed by atoms with Crippen molar-refractivity contribution in [1.29, 1.82) is 0 Å². The van der Waals surface area contributed by atoms with Crippen molar-refractivity contribution in [3.8, 4) is 0 Å². The van der Waals surface area contributed by atoms with Gasteiger partial charge in [0.2, 0.25) is 5.78 Å². The van der Waals surface area contributed by atoms with Crippen molar-refractivity contribution in [3.05, 3.63) is 89.6 Å². The molecule has 0 amide bonds. The van der Waals surface area contributed by atoms with Gasteiger partial charge in [0.15, 0.2) is 17.4 Å². The Bertz CT molecular complexity index is 918. The summed E-state index contributed by atoms with van der Waals surface area (Å²) in [6.07, 6.45) is 6.36. The molecular weight excluding hydrogens is 356 g/mol. The topological polar surface area (TPSA) is 46.1 Å². The van der Waals surface area contributed by atoms with Crippen LogP contribution in [-0.2, 0) is 13.0 Å². The van der Waals surface area contributed by atoms with E-state index in [0.29, 0.717) is 17.1 Å². The number of Topliss-reactive ketones (excluding diaryl/α,β-unsaturated/α-hetero) is 1. The molecule has 1 aromatic carbocycles. The number of rotatable bonds is 7. The molecule has 0 spiro atoms. The smallest absolute Gasteiger partial charge is 0.270 e. The molecule has 0 aliphatic heterocycles. The second-order valence-electron chi connectivity index (χ2n) is 6.44. The summed E-state index contributed by atoms with van der Waals surface area (Å²) in [5, 5.41) is 3.17. The van der Waals surface area contributed by atoms with Crippen LogP contribution in [0.25, 0.3) is 0 Å². The highest BCUT2D eigenvalue weighted by Crippen LogP contribution is 2.14. The first-order valence-electron chi connectivity index (χ1n) is 8.99. The Morgan fingerprint density at radius 2 is 1.96 bits per heavy atom. The van der Waals surface area contributed by atoms with E-state index in [4.69, 9.17) is 16.6 Å². The molecule has 2 aromatic heterocycles. The number of nitrogens with one attached hydrogen (secondary N) is 1. The average molecular weight is 380 g/mol. The molecule has 0 saturated carbocycles. The van der Waals surface area contributed by atoms with Gasteiger partial charge in [-0.15, -0.1) is 0 Å². The van der Waals surface area contributed by atoms with Gasteiger partial charge in [0.05, 0.1) is 12.8 Å². The lowest BCUT2D eigenvalue weighted by Gasteiger charge is -2.15. The highest BCUT2D eigenvalue weighted by Gasteiger charge is 2.33. The summed E-state index contributed by atoms with van der Waals surface area (Å²) in [5.74, 6) is 0.732. The van der Waals surface area contributed by atoms with Crippen LogP contribution in [0.15, 0.2) is 71.6 Å². The molecule has 138 valence electrons. The molecule has 3 aromatic rings. The van der Waals surface area contributed by atoms with Gasteiger partial charge in [-0.05, 0) is 37.1 Å². The van der Waals surface area contributed by atoms with Gasteiger partial charge in [-0.25, -0.2) is 0 Å². The van der Waals surface area contributed by atoms with Crippen LogP contribution in [0.3, 0.4) is 0 Å². The predicted molar refractivity (Wildman–Crippen MR) is 109 cm³/mol. The van der Waals surface area contributed by atoms with Crippen LogP contribution < -0.4 is 9.88 Å². The molecule has 0 aliphatic rings. The number of thiocarbonyl (C=S) groups is 1. The lowest BCUT2D eigenvalue weighted by molar-refractivity contribution is -0.692. The Kier molecular flexibility index (Phi) is 6.14. The van der Waals surface area contributed by atoms with Crippen LogP contribution in [0.1, 0.15) is 40.2 Å². The highest BCUT2D eigenvalue weighted by atomic mass is 32.1. The summed E-state index contributed by atoms with van der Waals surface area (Å²) in [5.41, 5.74) is 2.91. The minimum absolute atomic E-state index is 0.0369. The molecule has 0 unspecified atom stereocenters. The van der Waals surface area contributed by atoms with Gasteiger partial charge in [-0.2, -0.15) is 4.57 Å². The van der Waals surface area contributed by atoms with Crippen LogP contribution in [0.5, 0.6) is 0 Å². The van der Waals surface area contributed by atoms with Crippen molar-refractivity contribution in [2.75, 3.05) is 0 Å². The Hall–Kier alpha value is -2.79. The molecule has 1 atom stereocenters. The lowest BCUT2D eigenvalue weighted by Crippen LogP contribution is -2.51. The number of furan rings is 1. The molecule has 0 aliphatic carbocycles. The molecule has 0 radical (unpaired) electrons. The van der Waals surface area contributed by atoms with Crippen LogP contribution in [-0.4, -0.2) is 10.8 Å². The summed E-state index contributed by atoms with van der Waals surface area (Å²) in [7, 11) is 0. The molecule has 0 bridgehead atoms. The van der Waals surface area contributed by atoms with Gasteiger partial charge >= 0.3 is 0 Å². The van der Waals surface area contributed by atoms with Gasteiger partial charge in [0.1, 0.15) is 5.76 Å². The van der Waals surface area contributed by atoms with E-state index in [2.05, 4.69) is 12.2 Å². The summed E-state index contributed by atoms with van der Waals surface area (Å²) in [4.78, 5) is 13.8. The largest absolute Gasteiger partial charge is 0.467 e. The number of benzene rings is 1. The zero-order valence-corrected chi connectivity index (χ0v) is 16.3. The van der Waals surface area contributed by atoms with Gasteiger partial charge in [-0.3, -0.25) is 4.79 Å². The average Bonchev–Trinajstić information content (AvgIpc) is 3.20. The molecule has 0 fully saturated rings. The fourth-order valence-electron chi connectivity index (χ4n) is 2.91. The third-order valence-electron chi connectivity index (χ3n) is 4.43. The monoisotopic (exact) mass is 379 g/mol. The molecular formula is C22H23N2O2S+. The van der Waals surface area contributed by atoms with Crippen LogP contribution >= 0.6 is 12.2 Å². The van der Waals surface area contributed by atoms with E-state index in [1.54, 1.807) is 6.26 Å². The number of nitrogens with zero attached hydrogens (tertiary/aromatic N) is 1. The van der Waals surface area contributed by atoms with Crippen LogP contribution in [0.2, 0.25) is 0 Å². The van der Waals surface area contributed by atoms with E-state index in [1.807, 2.05) is 72.4 Å². The Labute approximate surface area is 164 Å². The van der Waals surface area contributed by atoms with Crippen molar-refractivity contribution in [2.45, 2.75) is 32.9 Å². The molecule has 4 nitrogen and oxygen atoms in total. The third kappa shape index (κ3) is 4.68. The Balaban J connectivity index is 1.88. The first kappa shape index (κ1) is 19.0. The Morgan fingerprint density at radius 3 is 2.59 bits per heavy atom. The molecule has 1 N–H and O–H groups in total. The lowest BCUT2D eigenvalue weighted by atomic mass is 10.0. The van der Waals surface area contributed by atoms with Crippen LogP contribution in [0, 0.1) is 6.92 Å². The number of pyridine rings is 1. The van der Waals surface area contributed by atoms with Crippen molar-refractivity contribution < 1.29 is 13.8 Å². The quantitative estimate of drug-likeness (QED) is 0.383. The number of hydrogen-bond acceptors (Lipinski definition) is 3. The minimum atomic E-state index is -0.609. The summed E-state index contributed by atoms with van der Waals surface area (Å²) in [6.45, 7) is 4.53. The number of aromatic nitrogens is 1. The van der Waals surface area contributed by atoms with Crippen molar-refractivity contribution >= 4 is 23.0 Å². The maximum Gasteiger partial charge on any atom is 0.270 e. The first-order chi connectivity index (χ1) is 13.1. The number of carbonyl (C=O) groups excluding carboxylic acids is 1. The number of aryl methyl sites for hydroxylation is 2. The SMILES string of the molecule is CCc1ccc(C(=O)[C@@H](C(=S)NCc2ccco2)[n+]2cccc(C)c2)cc1. The second kappa shape index (κ2) is 8.73. The van der Waals surface area contributed by atoms with Gasteiger partial charge in [0, 0.05) is 17.2 Å². The molecule has 2 heterocycles. The van der Waals surface area contributed by atoms with Gasteiger partial charge in [0.25, 0.3) is 6.04 Å². The molecule has 27 heavy (non-hydrogen) atoms. The standard InChI is InChI=1S/C22H22N2O2S/c1-3-17-8-10-18(11-9-17)21(25)20(24-12-4-6-16(2)15-24)22(27)23-14-19-7-5-13-26-19/h4-13,15,20H,3,14H2,1-2H3/p+1/t20-/m0/s1. The summed E-state index contributed by atoms with van der Waals surface area (Å²) < 4.78 is 7.21. The van der Waals surface area contributed by atoms with Gasteiger partial charge in [-0.1, -0.05) is 43.4 Å². The van der Waals surface area contributed by atoms with E-state index < -0.39 is 6.04 Å². The fourth-order valence-corrected chi connectivity index (χ4v) is 3.21. The molecule has 5 heteroatoms. The molecule has 3 rings (SSSR count). The first-order valence-corrected chi connectivity index (χ1v) is 9.40. The normalized spacial score (nSPS) is 11.8. The molecule has 0 saturated heterocycles. The maximum absolute atomic E-state index is 13.3. The fraction of sp³-hybridized carbons (Fsp3) is 0.227. The zero-order valence-electron chi connectivity index (χ0n) is 15.5. The van der Waals surface area contributed by atoms with Crippen molar-refractivity contribution in [2.24, 2.45) is 0 Å². The van der Waals surface area contributed by atoms with E-state index in [-0.39, 0.29) is 5.78 Å². The zero-order chi connectivity index (χ0) is 19.2. The van der Waals surface area contributed by atoms with E-state index in [1.165, 1.54) is 5.56 Å². The number of carbonyl (C=O) groups is 1. The van der Waals surface area contributed by atoms with Crippen molar-refractivity contribution in [3.63, 3.8) is 0 Å². The highest BCUT2D eigenvalue weighted by molar-refractivity contribution is 7.80. The van der Waals surface area contributed by atoms with Crippen LogP contribution in [0.4, 0.5) is 0 Å². The summed E-state index contributed by atoms with van der Waals surface area (Å²) in [6, 6.07) is 14.7. The second-order valence-corrected chi connectivity index (χ2v) is 6.88. The predicted octanol–water partition coefficient (Wildman–Crippen LogP) is 3.98. The van der Waals surface area contributed by atoms with Gasteiger partial charge < -0.3 is 9.73 Å². The van der Waals surface area contributed by atoms with E-state index >= 15 is 0 Å². The summed E-state index contributed by atoms with van der Waals surface area (Å²) >= 11 is 5.60.